The number of pyridine rings is 1. The van der Waals surface area contributed by atoms with Crippen LogP contribution in [0.15, 0.2) is 36.4 Å². The molecule has 0 amide bonds. The number of carbonyl (C=O) groups excluding carboxylic acids is 1. The highest BCUT2D eigenvalue weighted by Gasteiger charge is 2.30. The van der Waals surface area contributed by atoms with Crippen LogP contribution in [0.25, 0.3) is 0 Å². The minimum atomic E-state index is -4.41. The third-order valence-electron chi connectivity index (χ3n) is 2.63. The van der Waals surface area contributed by atoms with Crippen molar-refractivity contribution in [3.63, 3.8) is 0 Å². The number of hydrogen-bond acceptors (Lipinski definition) is 4. The summed E-state index contributed by atoms with van der Waals surface area (Å²) in [6.45, 7) is 0. The molecule has 2 aromatic rings. The van der Waals surface area contributed by atoms with Gasteiger partial charge in [-0.05, 0) is 30.3 Å². The fourth-order valence-electron chi connectivity index (χ4n) is 1.57. The Morgan fingerprint density at radius 3 is 2.27 bits per heavy atom. The van der Waals surface area contributed by atoms with Gasteiger partial charge >= 0.3 is 12.1 Å². The number of methoxy groups -OCH3 is 1. The van der Waals surface area contributed by atoms with Crippen molar-refractivity contribution >= 4 is 17.6 Å². The summed E-state index contributed by atoms with van der Waals surface area (Å²) in [7, 11) is 1.20. The molecule has 1 aromatic carbocycles. The van der Waals surface area contributed by atoms with Gasteiger partial charge in [-0.15, -0.1) is 0 Å². The molecule has 0 saturated carbocycles. The van der Waals surface area contributed by atoms with Crippen LogP contribution in [0.2, 0.25) is 5.15 Å². The van der Waals surface area contributed by atoms with Gasteiger partial charge in [0.2, 0.25) is 5.88 Å². The Labute approximate surface area is 128 Å². The van der Waals surface area contributed by atoms with E-state index in [1.54, 1.807) is 0 Å². The Bertz CT molecular complexity index is 687. The van der Waals surface area contributed by atoms with Crippen molar-refractivity contribution in [2.24, 2.45) is 0 Å². The number of ether oxygens (including phenoxy) is 2. The third kappa shape index (κ3) is 3.67. The standard InChI is InChI=1S/C14H9ClF3NO3/c1-21-13(20)10-6-7-11(19-12(10)15)22-9-4-2-8(3-5-9)14(16,17)18/h2-7H,1H3. The van der Waals surface area contributed by atoms with E-state index in [9.17, 15) is 18.0 Å². The molecule has 0 spiro atoms. The molecule has 22 heavy (non-hydrogen) atoms. The predicted octanol–water partition coefficient (Wildman–Crippen LogP) is 4.33. The summed E-state index contributed by atoms with van der Waals surface area (Å²) in [6.07, 6.45) is -4.41. The minimum absolute atomic E-state index is 0.0393. The number of esters is 1. The maximum Gasteiger partial charge on any atom is 0.416 e. The van der Waals surface area contributed by atoms with E-state index in [1.807, 2.05) is 0 Å². The Morgan fingerprint density at radius 2 is 1.77 bits per heavy atom. The quantitative estimate of drug-likeness (QED) is 0.620. The van der Waals surface area contributed by atoms with Crippen molar-refractivity contribution in [1.29, 1.82) is 0 Å². The monoisotopic (exact) mass is 331 g/mol. The highest BCUT2D eigenvalue weighted by Crippen LogP contribution is 2.31. The summed E-state index contributed by atoms with van der Waals surface area (Å²) >= 11 is 5.81. The average Bonchev–Trinajstić information content (AvgIpc) is 2.46. The number of benzene rings is 1. The van der Waals surface area contributed by atoms with Gasteiger partial charge in [0.25, 0.3) is 0 Å². The van der Waals surface area contributed by atoms with Crippen LogP contribution in [0, 0.1) is 0 Å². The molecule has 0 N–H and O–H groups in total. The fraction of sp³-hybridized carbons (Fsp3) is 0.143. The van der Waals surface area contributed by atoms with Crippen LogP contribution in [0.5, 0.6) is 11.6 Å². The van der Waals surface area contributed by atoms with Crippen molar-refractivity contribution in [3.05, 3.63) is 52.7 Å². The molecule has 0 aliphatic heterocycles. The zero-order valence-electron chi connectivity index (χ0n) is 11.1. The van der Waals surface area contributed by atoms with Gasteiger partial charge < -0.3 is 9.47 Å². The van der Waals surface area contributed by atoms with Crippen LogP contribution < -0.4 is 4.74 Å². The highest BCUT2D eigenvalue weighted by atomic mass is 35.5. The summed E-state index contributed by atoms with van der Waals surface area (Å²) in [5.74, 6) is -0.460. The summed E-state index contributed by atoms with van der Waals surface area (Å²) in [4.78, 5) is 15.2. The third-order valence-corrected chi connectivity index (χ3v) is 2.92. The molecule has 0 aliphatic carbocycles. The Morgan fingerprint density at radius 1 is 1.14 bits per heavy atom. The second kappa shape index (κ2) is 6.23. The van der Waals surface area contributed by atoms with Gasteiger partial charge in [-0.25, -0.2) is 9.78 Å². The number of carbonyl (C=O) groups is 1. The van der Waals surface area contributed by atoms with Gasteiger partial charge in [-0.2, -0.15) is 13.2 Å². The second-order valence-electron chi connectivity index (χ2n) is 4.10. The zero-order chi connectivity index (χ0) is 16.3. The molecule has 0 fully saturated rings. The number of rotatable bonds is 3. The summed E-state index contributed by atoms with van der Waals surface area (Å²) < 4.78 is 47.1. The maximum atomic E-state index is 12.4. The summed E-state index contributed by atoms with van der Waals surface area (Å²) in [5, 5.41) is -0.128. The molecule has 0 aliphatic rings. The first-order valence-corrected chi connectivity index (χ1v) is 6.29. The Balaban J connectivity index is 2.17. The molecule has 2 rings (SSSR count). The van der Waals surface area contributed by atoms with Crippen LogP contribution in [0.3, 0.4) is 0 Å². The number of nitrogens with zero attached hydrogens (tertiary/aromatic N) is 1. The highest BCUT2D eigenvalue weighted by molar-refractivity contribution is 6.32. The zero-order valence-corrected chi connectivity index (χ0v) is 11.9. The SMILES string of the molecule is COC(=O)c1ccc(Oc2ccc(C(F)(F)F)cc2)nc1Cl. The molecular weight excluding hydrogens is 323 g/mol. The van der Waals surface area contributed by atoms with Crippen LogP contribution in [0.4, 0.5) is 13.2 Å². The van der Waals surface area contributed by atoms with E-state index < -0.39 is 17.7 Å². The lowest BCUT2D eigenvalue weighted by Crippen LogP contribution is -2.04. The van der Waals surface area contributed by atoms with Gasteiger partial charge in [0, 0.05) is 6.07 Å². The molecule has 0 saturated heterocycles. The Hall–Kier alpha value is -2.28. The molecule has 0 unspecified atom stereocenters. The van der Waals surface area contributed by atoms with E-state index in [2.05, 4.69) is 9.72 Å². The first kappa shape index (κ1) is 16.1. The number of aromatic nitrogens is 1. The van der Waals surface area contributed by atoms with E-state index in [0.29, 0.717) is 0 Å². The molecule has 4 nitrogen and oxygen atoms in total. The van der Waals surface area contributed by atoms with Gasteiger partial charge in [-0.3, -0.25) is 0 Å². The van der Waals surface area contributed by atoms with E-state index in [-0.39, 0.29) is 22.3 Å². The van der Waals surface area contributed by atoms with Crippen molar-refractivity contribution in [1.82, 2.24) is 4.98 Å². The number of alkyl halides is 3. The van der Waals surface area contributed by atoms with Crippen molar-refractivity contribution in [3.8, 4) is 11.6 Å². The average molecular weight is 332 g/mol. The van der Waals surface area contributed by atoms with Crippen molar-refractivity contribution < 1.29 is 27.4 Å². The lowest BCUT2D eigenvalue weighted by molar-refractivity contribution is -0.137. The first-order chi connectivity index (χ1) is 10.3. The summed E-state index contributed by atoms with van der Waals surface area (Å²) in [6, 6.07) is 6.80. The molecule has 8 heteroatoms. The molecular formula is C14H9ClF3NO3. The van der Waals surface area contributed by atoms with Crippen LogP contribution in [-0.4, -0.2) is 18.1 Å². The van der Waals surface area contributed by atoms with E-state index >= 15 is 0 Å². The molecule has 0 bridgehead atoms. The normalized spacial score (nSPS) is 11.1. The van der Waals surface area contributed by atoms with Gasteiger partial charge in [-0.1, -0.05) is 11.6 Å². The van der Waals surface area contributed by atoms with Crippen molar-refractivity contribution in [2.75, 3.05) is 7.11 Å². The van der Waals surface area contributed by atoms with E-state index in [4.69, 9.17) is 16.3 Å². The maximum absolute atomic E-state index is 12.4. The molecule has 1 heterocycles. The van der Waals surface area contributed by atoms with Gasteiger partial charge in [0.1, 0.15) is 10.9 Å². The smallest absolute Gasteiger partial charge is 0.416 e. The first-order valence-electron chi connectivity index (χ1n) is 5.91. The minimum Gasteiger partial charge on any atom is -0.465 e. The second-order valence-corrected chi connectivity index (χ2v) is 4.46. The molecule has 116 valence electrons. The Kier molecular flexibility index (Phi) is 4.56. The predicted molar refractivity (Wildman–Crippen MR) is 72.1 cm³/mol. The van der Waals surface area contributed by atoms with Crippen LogP contribution >= 0.6 is 11.6 Å². The van der Waals surface area contributed by atoms with E-state index in [0.717, 1.165) is 24.3 Å². The lowest BCUT2D eigenvalue weighted by atomic mass is 10.2. The van der Waals surface area contributed by atoms with Crippen LogP contribution in [0.1, 0.15) is 15.9 Å². The number of halogens is 4. The number of hydrogen-bond donors (Lipinski definition) is 0. The topological polar surface area (TPSA) is 48.4 Å². The summed E-state index contributed by atoms with van der Waals surface area (Å²) in [5.41, 5.74) is -0.726. The molecule has 0 radical (unpaired) electrons. The lowest BCUT2D eigenvalue weighted by Gasteiger charge is -2.09. The van der Waals surface area contributed by atoms with E-state index in [1.165, 1.54) is 19.2 Å². The largest absolute Gasteiger partial charge is 0.465 e. The van der Waals surface area contributed by atoms with Gasteiger partial charge in [0.15, 0.2) is 0 Å². The van der Waals surface area contributed by atoms with Gasteiger partial charge in [0.05, 0.1) is 18.2 Å². The molecule has 1 aromatic heterocycles. The molecule has 0 atom stereocenters. The fourth-order valence-corrected chi connectivity index (χ4v) is 1.79. The van der Waals surface area contributed by atoms with Crippen molar-refractivity contribution in [2.45, 2.75) is 6.18 Å². The van der Waals surface area contributed by atoms with Crippen LogP contribution in [-0.2, 0) is 10.9 Å².